The second-order valence-corrected chi connectivity index (χ2v) is 5.15. The summed E-state index contributed by atoms with van der Waals surface area (Å²) in [6, 6.07) is 4.33. The number of anilines is 1. The first kappa shape index (κ1) is 14.3. The van der Waals surface area contributed by atoms with Gasteiger partial charge in [-0.15, -0.1) is 0 Å². The molecule has 1 unspecified atom stereocenters. The van der Waals surface area contributed by atoms with Gasteiger partial charge in [-0.3, -0.25) is 20.8 Å². The first-order chi connectivity index (χ1) is 9.52. The van der Waals surface area contributed by atoms with Crippen LogP contribution in [0.25, 0.3) is 0 Å². The molecule has 1 saturated carbocycles. The zero-order valence-corrected chi connectivity index (χ0v) is 11.3. The Labute approximate surface area is 116 Å². The van der Waals surface area contributed by atoms with Crippen LogP contribution in [0.15, 0.2) is 18.2 Å². The molecule has 1 aliphatic carbocycles. The Hall–Kier alpha value is -2.15. The predicted molar refractivity (Wildman–Crippen MR) is 75.2 cm³/mol. The molecule has 0 heterocycles. The lowest BCUT2D eigenvalue weighted by atomic mass is 10.1. The van der Waals surface area contributed by atoms with Gasteiger partial charge in [-0.2, -0.15) is 0 Å². The monoisotopic (exact) mass is 278 g/mol. The van der Waals surface area contributed by atoms with E-state index in [9.17, 15) is 14.9 Å². The van der Waals surface area contributed by atoms with Crippen LogP contribution in [0.3, 0.4) is 0 Å². The molecule has 0 aromatic heterocycles. The Balaban J connectivity index is 2.15. The van der Waals surface area contributed by atoms with Gasteiger partial charge in [0.1, 0.15) is 5.69 Å². The first-order valence-corrected chi connectivity index (χ1v) is 6.57. The molecule has 1 amide bonds. The van der Waals surface area contributed by atoms with E-state index in [2.05, 4.69) is 10.7 Å². The van der Waals surface area contributed by atoms with Crippen LogP contribution in [0, 0.1) is 16.0 Å². The zero-order chi connectivity index (χ0) is 14.7. The van der Waals surface area contributed by atoms with Crippen molar-refractivity contribution < 1.29 is 9.72 Å². The molecule has 0 spiro atoms. The molecule has 108 valence electrons. The quantitative estimate of drug-likeness (QED) is 0.417. The number of carbonyl (C=O) groups is 1. The summed E-state index contributed by atoms with van der Waals surface area (Å²) in [6.45, 7) is 1.93. The Kier molecular flexibility index (Phi) is 4.19. The fourth-order valence-corrected chi connectivity index (χ4v) is 2.25. The van der Waals surface area contributed by atoms with Crippen molar-refractivity contribution in [3.63, 3.8) is 0 Å². The van der Waals surface area contributed by atoms with Gasteiger partial charge in [0, 0.05) is 12.1 Å². The van der Waals surface area contributed by atoms with Gasteiger partial charge >= 0.3 is 0 Å². The molecule has 1 fully saturated rings. The summed E-state index contributed by atoms with van der Waals surface area (Å²) in [6.07, 6.45) is 3.37. The minimum atomic E-state index is -0.570. The smallest absolute Gasteiger partial charge is 0.294 e. The molecule has 20 heavy (non-hydrogen) atoms. The van der Waals surface area contributed by atoms with Crippen molar-refractivity contribution in [3.8, 4) is 0 Å². The van der Waals surface area contributed by atoms with E-state index in [1.165, 1.54) is 31.0 Å². The van der Waals surface area contributed by atoms with Crippen molar-refractivity contribution in [1.29, 1.82) is 0 Å². The minimum absolute atomic E-state index is 0.0358. The number of carbonyl (C=O) groups excluding carboxylic acids is 1. The van der Waals surface area contributed by atoms with E-state index in [-0.39, 0.29) is 28.9 Å². The van der Waals surface area contributed by atoms with Gasteiger partial charge in [-0.1, -0.05) is 18.9 Å². The summed E-state index contributed by atoms with van der Waals surface area (Å²) >= 11 is 0. The molecule has 0 bridgehead atoms. The fourth-order valence-electron chi connectivity index (χ4n) is 2.25. The summed E-state index contributed by atoms with van der Waals surface area (Å²) in [5.41, 5.74) is 2.26. The molecule has 7 heteroatoms. The second kappa shape index (κ2) is 5.87. The van der Waals surface area contributed by atoms with Gasteiger partial charge in [0.2, 0.25) is 0 Å². The van der Waals surface area contributed by atoms with Gasteiger partial charge in [-0.05, 0) is 25.3 Å². The number of nitrogen functional groups attached to an aromatic ring is 1. The minimum Gasteiger partial charge on any atom is -0.350 e. The van der Waals surface area contributed by atoms with Crippen molar-refractivity contribution >= 4 is 17.3 Å². The van der Waals surface area contributed by atoms with Crippen molar-refractivity contribution in [2.45, 2.75) is 32.2 Å². The molecule has 0 saturated heterocycles. The van der Waals surface area contributed by atoms with E-state index < -0.39 is 4.92 Å². The molecule has 1 aromatic carbocycles. The number of nitrogens with one attached hydrogen (secondary N) is 2. The molecule has 1 atom stereocenters. The molecular formula is C13H18N4O3. The lowest BCUT2D eigenvalue weighted by Crippen LogP contribution is -2.33. The van der Waals surface area contributed by atoms with Gasteiger partial charge in [0.05, 0.1) is 10.5 Å². The number of nitrogens with two attached hydrogens (primary N) is 1. The highest BCUT2D eigenvalue weighted by molar-refractivity contribution is 6.01. The molecular weight excluding hydrogens is 260 g/mol. The van der Waals surface area contributed by atoms with Crippen LogP contribution in [0.2, 0.25) is 0 Å². The van der Waals surface area contributed by atoms with Crippen LogP contribution in [0.1, 0.15) is 36.5 Å². The van der Waals surface area contributed by atoms with Crippen LogP contribution in [-0.4, -0.2) is 16.9 Å². The number of para-hydroxylation sites is 1. The summed E-state index contributed by atoms with van der Waals surface area (Å²) in [5, 5.41) is 13.8. The number of nitrogens with zero attached hydrogens (tertiary/aromatic N) is 1. The van der Waals surface area contributed by atoms with Crippen molar-refractivity contribution in [1.82, 2.24) is 5.32 Å². The third kappa shape index (κ3) is 3.24. The third-order valence-electron chi connectivity index (χ3n) is 3.39. The maximum absolute atomic E-state index is 12.2. The number of benzene rings is 1. The average Bonchev–Trinajstić information content (AvgIpc) is 3.21. The maximum Gasteiger partial charge on any atom is 0.294 e. The van der Waals surface area contributed by atoms with Crippen LogP contribution in [0.5, 0.6) is 0 Å². The Morgan fingerprint density at radius 1 is 1.55 bits per heavy atom. The number of nitro groups is 1. The van der Waals surface area contributed by atoms with E-state index in [0.717, 1.165) is 6.42 Å². The van der Waals surface area contributed by atoms with Gasteiger partial charge in [0.15, 0.2) is 0 Å². The van der Waals surface area contributed by atoms with Crippen molar-refractivity contribution in [2.24, 2.45) is 11.8 Å². The van der Waals surface area contributed by atoms with E-state index in [1.54, 1.807) is 0 Å². The standard InChI is InChI=1S/C13H18N4O3/c1-8(7-9-5-6-9)15-13(18)10-3-2-4-11(17(19)20)12(10)16-14/h2-4,8-9,16H,5-7,14H2,1H3,(H,15,18). The van der Waals surface area contributed by atoms with Crippen molar-refractivity contribution in [2.75, 3.05) is 5.43 Å². The van der Waals surface area contributed by atoms with E-state index in [1.807, 2.05) is 6.92 Å². The fraction of sp³-hybridized carbons (Fsp3) is 0.462. The molecule has 2 rings (SSSR count). The number of amides is 1. The SMILES string of the molecule is CC(CC1CC1)NC(=O)c1cccc([N+](=O)[O-])c1NN. The van der Waals surface area contributed by atoms with Crippen molar-refractivity contribution in [3.05, 3.63) is 33.9 Å². The number of nitro benzene ring substituents is 1. The normalized spacial score (nSPS) is 15.5. The molecule has 7 nitrogen and oxygen atoms in total. The Bertz CT molecular complexity index is 528. The number of hydrogen-bond acceptors (Lipinski definition) is 5. The molecule has 4 N–H and O–H groups in total. The van der Waals surface area contributed by atoms with Crippen LogP contribution >= 0.6 is 0 Å². The maximum atomic E-state index is 12.2. The lowest BCUT2D eigenvalue weighted by molar-refractivity contribution is -0.384. The molecule has 0 radical (unpaired) electrons. The summed E-state index contributed by atoms with van der Waals surface area (Å²) < 4.78 is 0. The highest BCUT2D eigenvalue weighted by Gasteiger charge is 2.26. The molecule has 1 aromatic rings. The van der Waals surface area contributed by atoms with Crippen LogP contribution in [0.4, 0.5) is 11.4 Å². The van der Waals surface area contributed by atoms with Crippen LogP contribution < -0.4 is 16.6 Å². The molecule has 0 aliphatic heterocycles. The topological polar surface area (TPSA) is 110 Å². The zero-order valence-electron chi connectivity index (χ0n) is 11.3. The van der Waals surface area contributed by atoms with Gasteiger partial charge < -0.3 is 10.7 Å². The lowest BCUT2D eigenvalue weighted by Gasteiger charge is -2.15. The highest BCUT2D eigenvalue weighted by atomic mass is 16.6. The van der Waals surface area contributed by atoms with E-state index in [0.29, 0.717) is 5.92 Å². The average molecular weight is 278 g/mol. The van der Waals surface area contributed by atoms with E-state index >= 15 is 0 Å². The highest BCUT2D eigenvalue weighted by Crippen LogP contribution is 2.33. The Morgan fingerprint density at radius 2 is 2.25 bits per heavy atom. The summed E-state index contributed by atoms with van der Waals surface area (Å²) in [5.74, 6) is 5.66. The Morgan fingerprint density at radius 3 is 2.80 bits per heavy atom. The van der Waals surface area contributed by atoms with Gasteiger partial charge in [-0.25, -0.2) is 0 Å². The number of hydrazine groups is 1. The van der Waals surface area contributed by atoms with Gasteiger partial charge in [0.25, 0.3) is 11.6 Å². The largest absolute Gasteiger partial charge is 0.350 e. The molecule has 1 aliphatic rings. The number of rotatable bonds is 6. The number of hydrogen-bond donors (Lipinski definition) is 3. The summed E-state index contributed by atoms with van der Waals surface area (Å²) in [4.78, 5) is 22.5. The first-order valence-electron chi connectivity index (χ1n) is 6.57. The van der Waals surface area contributed by atoms with E-state index in [4.69, 9.17) is 5.84 Å². The predicted octanol–water partition coefficient (Wildman–Crippen LogP) is 1.80. The summed E-state index contributed by atoms with van der Waals surface area (Å²) in [7, 11) is 0. The third-order valence-corrected chi connectivity index (χ3v) is 3.39. The van der Waals surface area contributed by atoms with Crippen LogP contribution in [-0.2, 0) is 0 Å². The second-order valence-electron chi connectivity index (χ2n) is 5.15.